The molecule has 0 aliphatic carbocycles. The molecule has 0 amide bonds. The van der Waals surface area contributed by atoms with Crippen molar-refractivity contribution in [2.75, 3.05) is 38.1 Å². The maximum atomic E-state index is 12.8. The first-order valence-corrected chi connectivity index (χ1v) is 9.04. The maximum Gasteiger partial charge on any atom is 0.275 e. The van der Waals surface area contributed by atoms with Crippen molar-refractivity contribution >= 4 is 16.7 Å². The third-order valence-corrected chi connectivity index (χ3v) is 5.07. The Morgan fingerprint density at radius 1 is 1.11 bits per heavy atom. The van der Waals surface area contributed by atoms with Crippen LogP contribution < -0.4 is 16.0 Å². The molecule has 4 rings (SSSR count). The van der Waals surface area contributed by atoms with E-state index in [1.807, 2.05) is 25.1 Å². The molecular formula is C19H22N6O2. The fraction of sp³-hybridized carbons (Fsp3) is 0.368. The van der Waals surface area contributed by atoms with Crippen LogP contribution >= 0.6 is 0 Å². The molecule has 0 bridgehead atoms. The van der Waals surface area contributed by atoms with E-state index < -0.39 is 6.04 Å². The Hall–Kier alpha value is -3.00. The first-order valence-electron chi connectivity index (χ1n) is 9.04. The minimum atomic E-state index is -0.448. The average Bonchev–Trinajstić information content (AvgIpc) is 2.68. The van der Waals surface area contributed by atoms with Crippen LogP contribution in [0.2, 0.25) is 0 Å². The van der Waals surface area contributed by atoms with Crippen molar-refractivity contribution in [2.45, 2.75) is 13.0 Å². The number of benzene rings is 1. The van der Waals surface area contributed by atoms with Crippen LogP contribution in [0.3, 0.4) is 0 Å². The van der Waals surface area contributed by atoms with Gasteiger partial charge in [-0.1, -0.05) is 18.2 Å². The number of hydrogen-bond acceptors (Lipinski definition) is 6. The Morgan fingerprint density at radius 2 is 1.85 bits per heavy atom. The van der Waals surface area contributed by atoms with Crippen LogP contribution in [0.25, 0.3) is 10.8 Å². The summed E-state index contributed by atoms with van der Waals surface area (Å²) in [6, 6.07) is 8.33. The number of fused-ring (bicyclic) bond motifs is 1. The number of nitrogens with zero attached hydrogens (tertiary/aromatic N) is 5. The third-order valence-electron chi connectivity index (χ3n) is 5.07. The van der Waals surface area contributed by atoms with Crippen molar-refractivity contribution in [1.82, 2.24) is 24.6 Å². The van der Waals surface area contributed by atoms with Crippen molar-refractivity contribution < 1.29 is 0 Å². The van der Waals surface area contributed by atoms with Crippen molar-refractivity contribution in [2.24, 2.45) is 0 Å². The lowest BCUT2D eigenvalue weighted by Gasteiger charge is -2.32. The van der Waals surface area contributed by atoms with Crippen LogP contribution in [-0.2, 0) is 0 Å². The van der Waals surface area contributed by atoms with E-state index in [1.165, 1.54) is 10.7 Å². The van der Waals surface area contributed by atoms with E-state index in [0.29, 0.717) is 17.0 Å². The molecule has 1 fully saturated rings. The molecule has 3 aromatic rings. The number of likely N-dealkylation sites (N-methyl/N-ethyl adjacent to an activating group) is 1. The van der Waals surface area contributed by atoms with Crippen molar-refractivity contribution in [1.29, 1.82) is 0 Å². The fourth-order valence-corrected chi connectivity index (χ4v) is 3.35. The Balaban J connectivity index is 1.72. The molecule has 1 saturated heterocycles. The van der Waals surface area contributed by atoms with Gasteiger partial charge in [-0.2, -0.15) is 5.10 Å². The van der Waals surface area contributed by atoms with Gasteiger partial charge in [0.1, 0.15) is 0 Å². The number of piperazine rings is 1. The van der Waals surface area contributed by atoms with E-state index >= 15 is 0 Å². The summed E-state index contributed by atoms with van der Waals surface area (Å²) in [5.74, 6) is 0.547. The molecule has 140 valence electrons. The highest BCUT2D eigenvalue weighted by atomic mass is 16.1. The highest BCUT2D eigenvalue weighted by Crippen LogP contribution is 2.16. The summed E-state index contributed by atoms with van der Waals surface area (Å²) < 4.78 is 1.39. The van der Waals surface area contributed by atoms with Crippen LogP contribution in [0.5, 0.6) is 0 Å². The number of H-pyrrole nitrogens is 1. The lowest BCUT2D eigenvalue weighted by atomic mass is 10.2. The molecule has 1 N–H and O–H groups in total. The summed E-state index contributed by atoms with van der Waals surface area (Å²) in [5, 5.41) is 5.69. The van der Waals surface area contributed by atoms with E-state index in [1.54, 1.807) is 12.3 Å². The summed E-state index contributed by atoms with van der Waals surface area (Å²) >= 11 is 0. The van der Waals surface area contributed by atoms with Gasteiger partial charge in [-0.05, 0) is 20.0 Å². The number of aromatic nitrogens is 4. The highest BCUT2D eigenvalue weighted by molar-refractivity contribution is 5.80. The van der Waals surface area contributed by atoms with E-state index in [9.17, 15) is 9.59 Å². The largest absolute Gasteiger partial charge is 0.340 e. The first-order chi connectivity index (χ1) is 13.0. The number of aromatic amines is 1. The minimum Gasteiger partial charge on any atom is -0.340 e. The van der Waals surface area contributed by atoms with Gasteiger partial charge in [0.15, 0.2) is 0 Å². The van der Waals surface area contributed by atoms with Gasteiger partial charge in [0.05, 0.1) is 23.3 Å². The van der Waals surface area contributed by atoms with E-state index in [0.717, 1.165) is 31.6 Å². The molecule has 27 heavy (non-hydrogen) atoms. The number of anilines is 1. The molecule has 3 heterocycles. The number of hydrogen-bond donors (Lipinski definition) is 1. The molecule has 2 aromatic heterocycles. The summed E-state index contributed by atoms with van der Waals surface area (Å²) in [6.07, 6.45) is 1.67. The molecule has 8 nitrogen and oxygen atoms in total. The van der Waals surface area contributed by atoms with Crippen LogP contribution in [0, 0.1) is 0 Å². The highest BCUT2D eigenvalue weighted by Gasteiger charge is 2.20. The Morgan fingerprint density at radius 3 is 2.63 bits per heavy atom. The zero-order valence-corrected chi connectivity index (χ0v) is 15.4. The van der Waals surface area contributed by atoms with Crippen molar-refractivity contribution in [3.63, 3.8) is 0 Å². The van der Waals surface area contributed by atoms with Crippen LogP contribution in [0.1, 0.15) is 18.7 Å². The van der Waals surface area contributed by atoms with Crippen LogP contribution in [0.4, 0.5) is 5.95 Å². The quantitative estimate of drug-likeness (QED) is 0.739. The standard InChI is InChI=1S/C19H22N6O2/c1-13(25-18(27)15-6-4-3-5-14(15)12-20-25)16-11-17(26)22-19(21-16)24-9-7-23(2)8-10-24/h3-6,11-13H,7-10H2,1-2H3,(H,21,22,26). The van der Waals surface area contributed by atoms with E-state index in [4.69, 9.17) is 0 Å². The fourth-order valence-electron chi connectivity index (χ4n) is 3.35. The van der Waals surface area contributed by atoms with Gasteiger partial charge in [0.25, 0.3) is 11.1 Å². The predicted molar refractivity (Wildman–Crippen MR) is 104 cm³/mol. The molecule has 0 spiro atoms. The maximum absolute atomic E-state index is 12.8. The van der Waals surface area contributed by atoms with Gasteiger partial charge in [0.2, 0.25) is 5.95 Å². The Bertz CT molecular complexity index is 1080. The normalized spacial score (nSPS) is 16.6. The van der Waals surface area contributed by atoms with Gasteiger partial charge in [-0.3, -0.25) is 14.6 Å². The molecular weight excluding hydrogens is 344 g/mol. The second-order valence-electron chi connectivity index (χ2n) is 6.94. The average molecular weight is 366 g/mol. The SMILES string of the molecule is CC(c1cc(=O)[nH]c(N2CCN(C)CC2)n1)n1ncc2ccccc2c1=O. The predicted octanol–water partition coefficient (Wildman–Crippen LogP) is 0.841. The smallest absolute Gasteiger partial charge is 0.275 e. The topological polar surface area (TPSA) is 87.1 Å². The molecule has 0 radical (unpaired) electrons. The summed E-state index contributed by atoms with van der Waals surface area (Å²) in [7, 11) is 2.07. The molecule has 1 unspecified atom stereocenters. The molecule has 8 heteroatoms. The van der Waals surface area contributed by atoms with Gasteiger partial charge >= 0.3 is 0 Å². The zero-order chi connectivity index (χ0) is 19.0. The molecule has 0 saturated carbocycles. The Kier molecular flexibility index (Phi) is 4.49. The minimum absolute atomic E-state index is 0.191. The number of rotatable bonds is 3. The molecule has 1 aromatic carbocycles. The van der Waals surface area contributed by atoms with Crippen molar-refractivity contribution in [3.05, 3.63) is 62.9 Å². The van der Waals surface area contributed by atoms with Gasteiger partial charge in [-0.25, -0.2) is 9.67 Å². The Labute approximate surface area is 156 Å². The molecule has 1 atom stereocenters. The van der Waals surface area contributed by atoms with E-state index in [2.05, 4.69) is 31.9 Å². The molecule has 1 aliphatic heterocycles. The summed E-state index contributed by atoms with van der Waals surface area (Å²) in [4.78, 5) is 36.8. The van der Waals surface area contributed by atoms with Crippen LogP contribution in [0.15, 0.2) is 46.1 Å². The second kappa shape index (κ2) is 6.96. The van der Waals surface area contributed by atoms with Gasteiger partial charge in [-0.15, -0.1) is 0 Å². The lowest BCUT2D eigenvalue weighted by molar-refractivity contribution is 0.311. The monoisotopic (exact) mass is 366 g/mol. The van der Waals surface area contributed by atoms with Crippen molar-refractivity contribution in [3.8, 4) is 0 Å². The summed E-state index contributed by atoms with van der Waals surface area (Å²) in [6.45, 7) is 5.25. The zero-order valence-electron chi connectivity index (χ0n) is 15.4. The summed E-state index contributed by atoms with van der Waals surface area (Å²) in [5.41, 5.74) is 0.107. The second-order valence-corrected chi connectivity index (χ2v) is 6.94. The first kappa shape index (κ1) is 17.4. The molecule has 1 aliphatic rings. The van der Waals surface area contributed by atoms with Crippen LogP contribution in [-0.4, -0.2) is 57.9 Å². The lowest BCUT2D eigenvalue weighted by Crippen LogP contribution is -2.45. The van der Waals surface area contributed by atoms with E-state index in [-0.39, 0.29) is 11.1 Å². The third kappa shape index (κ3) is 3.35. The number of nitrogens with one attached hydrogen (secondary N) is 1. The van der Waals surface area contributed by atoms with Gasteiger partial charge in [0, 0.05) is 37.6 Å². The van der Waals surface area contributed by atoms with Gasteiger partial charge < -0.3 is 9.80 Å².